The largest absolute Gasteiger partial charge is 0.207 e. The van der Waals surface area contributed by atoms with Crippen LogP contribution in [0.2, 0.25) is 0 Å². The van der Waals surface area contributed by atoms with Crippen molar-refractivity contribution in [3.8, 4) is 0 Å². The van der Waals surface area contributed by atoms with E-state index >= 15 is 0 Å². The van der Waals surface area contributed by atoms with Crippen LogP contribution in [0.4, 0.5) is 13.2 Å². The molecule has 0 atom stereocenters. The van der Waals surface area contributed by atoms with Crippen molar-refractivity contribution < 1.29 is 13.2 Å². The highest BCUT2D eigenvalue weighted by Gasteiger charge is 2.12. The van der Waals surface area contributed by atoms with Gasteiger partial charge in [-0.1, -0.05) is 56.2 Å². The summed E-state index contributed by atoms with van der Waals surface area (Å²) in [5, 5.41) is 0. The molecule has 0 heterocycles. The number of hydrogen-bond donors (Lipinski definition) is 0. The molecule has 0 aliphatic carbocycles. The summed E-state index contributed by atoms with van der Waals surface area (Å²) in [6, 6.07) is 5.12. The zero-order valence-corrected chi connectivity index (χ0v) is 14.8. The molecule has 0 nitrogen and oxygen atoms in total. The van der Waals surface area contributed by atoms with E-state index in [0.717, 1.165) is 11.1 Å². The van der Waals surface area contributed by atoms with Crippen molar-refractivity contribution in [3.63, 3.8) is 0 Å². The fourth-order valence-electron chi connectivity index (χ4n) is 1.96. The number of allylic oxidation sites excluding steroid dienone is 8. The van der Waals surface area contributed by atoms with Crippen LogP contribution in [-0.4, -0.2) is 0 Å². The molecule has 0 spiro atoms. The maximum absolute atomic E-state index is 13.8. The molecule has 0 radical (unpaired) electrons. The molecule has 0 saturated heterocycles. The van der Waals surface area contributed by atoms with Gasteiger partial charge in [-0.05, 0) is 55.0 Å². The minimum absolute atomic E-state index is 0.00910. The van der Waals surface area contributed by atoms with Gasteiger partial charge in [-0.25, -0.2) is 13.2 Å². The predicted octanol–water partition coefficient (Wildman–Crippen LogP) is 7.02. The molecule has 0 aromatic heterocycles. The second kappa shape index (κ2) is 9.07. The quantitative estimate of drug-likeness (QED) is 0.445. The van der Waals surface area contributed by atoms with Crippen LogP contribution in [0, 0.1) is 12.7 Å². The molecule has 3 heteroatoms. The molecule has 0 fully saturated rings. The monoisotopic (exact) mass is 344 g/mol. The summed E-state index contributed by atoms with van der Waals surface area (Å²) in [4.78, 5) is 0. The lowest BCUT2D eigenvalue weighted by Gasteiger charge is -2.06. The molecule has 0 aliphatic heterocycles. The highest BCUT2D eigenvalue weighted by Crippen LogP contribution is 2.26. The van der Waals surface area contributed by atoms with Crippen LogP contribution >= 0.6 is 0 Å². The molecule has 1 rings (SSSR count). The molecule has 1 aromatic carbocycles. The van der Waals surface area contributed by atoms with E-state index in [2.05, 4.69) is 26.3 Å². The molecule has 0 saturated carbocycles. The summed E-state index contributed by atoms with van der Waals surface area (Å²) in [6.45, 7) is 17.5. The molecular weight excluding hydrogens is 321 g/mol. The number of rotatable bonds is 8. The molecule has 0 amide bonds. The van der Waals surface area contributed by atoms with Crippen LogP contribution in [0.3, 0.4) is 0 Å². The van der Waals surface area contributed by atoms with Crippen molar-refractivity contribution in [2.45, 2.75) is 26.7 Å². The third-order valence-corrected chi connectivity index (χ3v) is 3.71. The SMILES string of the molecule is C=C(/C=C\C(=C)C(=C)/C(F)=C(/F)C(=C)C)CCc1ccc(C)c(F)c1. The molecule has 132 valence electrons. The summed E-state index contributed by atoms with van der Waals surface area (Å²) in [5.74, 6) is -2.33. The molecule has 0 N–H and O–H groups in total. The normalized spacial score (nSPS) is 12.0. The van der Waals surface area contributed by atoms with Crippen LogP contribution in [0.25, 0.3) is 0 Å². The summed E-state index contributed by atoms with van der Waals surface area (Å²) in [7, 11) is 0. The average molecular weight is 344 g/mol. The Labute approximate surface area is 148 Å². The molecule has 0 unspecified atom stereocenters. The lowest BCUT2D eigenvalue weighted by Crippen LogP contribution is -1.91. The van der Waals surface area contributed by atoms with Crippen LogP contribution < -0.4 is 0 Å². The molecule has 1 aromatic rings. The first-order valence-electron chi connectivity index (χ1n) is 7.84. The Morgan fingerprint density at radius 3 is 2.24 bits per heavy atom. The first-order chi connectivity index (χ1) is 11.6. The van der Waals surface area contributed by atoms with Gasteiger partial charge in [-0.3, -0.25) is 0 Å². The number of hydrogen-bond acceptors (Lipinski definition) is 0. The fourth-order valence-corrected chi connectivity index (χ4v) is 1.96. The molecule has 0 aliphatic rings. The zero-order valence-electron chi connectivity index (χ0n) is 14.8. The lowest BCUT2D eigenvalue weighted by atomic mass is 10.0. The van der Waals surface area contributed by atoms with Gasteiger partial charge in [-0.15, -0.1) is 0 Å². The third-order valence-electron chi connectivity index (χ3n) is 3.71. The van der Waals surface area contributed by atoms with Gasteiger partial charge in [0.1, 0.15) is 5.82 Å². The summed E-state index contributed by atoms with van der Waals surface area (Å²) >= 11 is 0. The fraction of sp³-hybridized carbons (Fsp3) is 0.182. The van der Waals surface area contributed by atoms with E-state index in [4.69, 9.17) is 0 Å². The van der Waals surface area contributed by atoms with Crippen molar-refractivity contribution >= 4 is 0 Å². The van der Waals surface area contributed by atoms with E-state index in [1.54, 1.807) is 19.1 Å². The second-order valence-electron chi connectivity index (χ2n) is 5.99. The Kier molecular flexibility index (Phi) is 7.43. The van der Waals surface area contributed by atoms with E-state index in [-0.39, 0.29) is 22.5 Å². The van der Waals surface area contributed by atoms with Gasteiger partial charge in [0.15, 0.2) is 11.7 Å². The van der Waals surface area contributed by atoms with Gasteiger partial charge < -0.3 is 0 Å². The zero-order chi connectivity index (χ0) is 19.1. The van der Waals surface area contributed by atoms with E-state index in [1.165, 1.54) is 19.1 Å². The summed E-state index contributed by atoms with van der Waals surface area (Å²) < 4.78 is 40.9. The highest BCUT2D eigenvalue weighted by molar-refractivity contribution is 5.50. The van der Waals surface area contributed by atoms with Gasteiger partial charge in [0.05, 0.1) is 0 Å². The van der Waals surface area contributed by atoms with Gasteiger partial charge in [0, 0.05) is 5.57 Å². The number of aryl methyl sites for hydroxylation is 2. The van der Waals surface area contributed by atoms with Gasteiger partial charge in [0.25, 0.3) is 0 Å². The Hall–Kier alpha value is -2.55. The second-order valence-corrected chi connectivity index (χ2v) is 5.99. The van der Waals surface area contributed by atoms with Crippen molar-refractivity contribution in [3.05, 3.63) is 108 Å². The minimum atomic E-state index is -1.07. The van der Waals surface area contributed by atoms with Gasteiger partial charge in [0.2, 0.25) is 0 Å². The predicted molar refractivity (Wildman–Crippen MR) is 100 cm³/mol. The van der Waals surface area contributed by atoms with Crippen LogP contribution in [0.5, 0.6) is 0 Å². The van der Waals surface area contributed by atoms with Crippen molar-refractivity contribution in [2.75, 3.05) is 0 Å². The smallest absolute Gasteiger partial charge is 0.166 e. The van der Waals surface area contributed by atoms with E-state index in [0.29, 0.717) is 18.4 Å². The number of benzene rings is 1. The molecule has 0 bridgehead atoms. The standard InChI is InChI=1S/C22H23F3/c1-14(2)21(24)22(25)18(6)16(4)9-7-15(3)8-11-19-12-10-17(5)20(23)13-19/h7,9-10,12-13H,1,3-4,6,8,11H2,2,5H3/b9-7-,22-21-. The topological polar surface area (TPSA) is 0 Å². The van der Waals surface area contributed by atoms with Gasteiger partial charge in [-0.2, -0.15) is 0 Å². The van der Waals surface area contributed by atoms with Crippen LogP contribution in [0.1, 0.15) is 24.5 Å². The van der Waals surface area contributed by atoms with Gasteiger partial charge >= 0.3 is 0 Å². The van der Waals surface area contributed by atoms with E-state index < -0.39 is 11.7 Å². The van der Waals surface area contributed by atoms with Crippen LogP contribution in [-0.2, 0) is 6.42 Å². The van der Waals surface area contributed by atoms with Crippen molar-refractivity contribution in [1.29, 1.82) is 0 Å². The lowest BCUT2D eigenvalue weighted by molar-refractivity contribution is 0.558. The third kappa shape index (κ3) is 6.11. The Balaban J connectivity index is 2.65. The van der Waals surface area contributed by atoms with Crippen molar-refractivity contribution in [2.24, 2.45) is 0 Å². The first kappa shape index (κ1) is 20.5. The molecular formula is C22H23F3. The Morgan fingerprint density at radius 1 is 1.04 bits per heavy atom. The number of halogens is 3. The van der Waals surface area contributed by atoms with Crippen LogP contribution in [0.15, 0.2) is 90.6 Å². The Morgan fingerprint density at radius 2 is 1.68 bits per heavy atom. The summed E-state index contributed by atoms with van der Waals surface area (Å²) in [6.07, 6.45) is 4.44. The Bertz CT molecular complexity index is 776. The summed E-state index contributed by atoms with van der Waals surface area (Å²) in [5.41, 5.74) is 2.35. The highest BCUT2D eigenvalue weighted by atomic mass is 19.2. The minimum Gasteiger partial charge on any atom is -0.207 e. The maximum Gasteiger partial charge on any atom is 0.166 e. The maximum atomic E-state index is 13.8. The van der Waals surface area contributed by atoms with E-state index in [1.807, 2.05) is 6.07 Å². The first-order valence-corrected chi connectivity index (χ1v) is 7.84. The average Bonchev–Trinajstić information content (AvgIpc) is 2.58. The molecule has 25 heavy (non-hydrogen) atoms. The van der Waals surface area contributed by atoms with Crippen molar-refractivity contribution in [1.82, 2.24) is 0 Å². The van der Waals surface area contributed by atoms with E-state index in [9.17, 15) is 13.2 Å².